The zero-order valence-electron chi connectivity index (χ0n) is 13.7. The van der Waals surface area contributed by atoms with Crippen LogP contribution in [-0.2, 0) is 9.59 Å². The summed E-state index contributed by atoms with van der Waals surface area (Å²) >= 11 is 0. The van der Waals surface area contributed by atoms with Crippen molar-refractivity contribution in [2.45, 2.75) is 41.0 Å². The summed E-state index contributed by atoms with van der Waals surface area (Å²) in [7, 11) is 0. The minimum atomic E-state index is -0.122. The minimum absolute atomic E-state index is 0.0672. The van der Waals surface area contributed by atoms with Gasteiger partial charge >= 0.3 is 0 Å². The summed E-state index contributed by atoms with van der Waals surface area (Å²) in [5.74, 6) is 0.308. The van der Waals surface area contributed by atoms with Crippen LogP contribution in [0.25, 0.3) is 0 Å². The molecule has 116 valence electrons. The third-order valence-corrected chi connectivity index (χ3v) is 3.38. The maximum absolute atomic E-state index is 12.0. The average Bonchev–Trinajstić information content (AvgIpc) is 2.38. The highest BCUT2D eigenvalue weighted by Crippen LogP contribution is 2.21. The predicted molar refractivity (Wildman–Crippen MR) is 86.4 cm³/mol. The number of anilines is 1. The number of rotatable bonds is 6. The largest absolute Gasteiger partial charge is 0.355 e. The topological polar surface area (TPSA) is 49.4 Å². The summed E-state index contributed by atoms with van der Waals surface area (Å²) in [6, 6.07) is 5.91. The molecule has 0 saturated heterocycles. The van der Waals surface area contributed by atoms with Gasteiger partial charge in [-0.15, -0.1) is 0 Å². The standard InChI is InChI=1S/C17H26N2O2/c1-12(2)8-9-18-17(21)11-19(15(5)20)16-10-13(3)6-7-14(16)4/h6-7,10,12H,8-9,11H2,1-5H3,(H,18,21). The highest BCUT2D eigenvalue weighted by molar-refractivity contribution is 5.98. The summed E-state index contributed by atoms with van der Waals surface area (Å²) in [5.41, 5.74) is 2.87. The number of aryl methyl sites for hydroxylation is 2. The van der Waals surface area contributed by atoms with Gasteiger partial charge in [0.15, 0.2) is 0 Å². The van der Waals surface area contributed by atoms with Crippen molar-refractivity contribution < 1.29 is 9.59 Å². The Morgan fingerprint density at radius 3 is 2.48 bits per heavy atom. The van der Waals surface area contributed by atoms with E-state index in [1.54, 1.807) is 0 Å². The fourth-order valence-corrected chi connectivity index (χ4v) is 2.08. The van der Waals surface area contributed by atoms with Crippen molar-refractivity contribution >= 4 is 17.5 Å². The van der Waals surface area contributed by atoms with E-state index in [0.717, 1.165) is 23.2 Å². The second kappa shape index (κ2) is 7.81. The first-order chi connectivity index (χ1) is 9.81. The normalized spacial score (nSPS) is 10.6. The van der Waals surface area contributed by atoms with Crippen LogP contribution in [0.15, 0.2) is 18.2 Å². The Labute approximate surface area is 127 Å². The van der Waals surface area contributed by atoms with Crippen molar-refractivity contribution in [2.24, 2.45) is 5.92 Å². The van der Waals surface area contributed by atoms with Crippen molar-refractivity contribution in [3.63, 3.8) is 0 Å². The van der Waals surface area contributed by atoms with Crippen LogP contribution in [0.2, 0.25) is 0 Å². The molecule has 0 atom stereocenters. The first kappa shape index (κ1) is 17.2. The van der Waals surface area contributed by atoms with Crippen molar-refractivity contribution in [3.05, 3.63) is 29.3 Å². The maximum atomic E-state index is 12.0. The van der Waals surface area contributed by atoms with E-state index in [4.69, 9.17) is 0 Å². The monoisotopic (exact) mass is 290 g/mol. The Balaban J connectivity index is 2.76. The quantitative estimate of drug-likeness (QED) is 0.876. The van der Waals surface area contributed by atoms with Gasteiger partial charge in [0.1, 0.15) is 6.54 Å². The van der Waals surface area contributed by atoms with Gasteiger partial charge in [0.2, 0.25) is 11.8 Å². The third kappa shape index (κ3) is 5.58. The van der Waals surface area contributed by atoms with Gasteiger partial charge in [0.25, 0.3) is 0 Å². The predicted octanol–water partition coefficient (Wildman–Crippen LogP) is 2.82. The Morgan fingerprint density at radius 2 is 1.90 bits per heavy atom. The van der Waals surface area contributed by atoms with Gasteiger partial charge in [-0.3, -0.25) is 9.59 Å². The second-order valence-electron chi connectivity index (χ2n) is 5.93. The van der Waals surface area contributed by atoms with Gasteiger partial charge in [-0.1, -0.05) is 26.0 Å². The maximum Gasteiger partial charge on any atom is 0.240 e. The fraction of sp³-hybridized carbons (Fsp3) is 0.529. The van der Waals surface area contributed by atoms with E-state index in [0.29, 0.717) is 12.5 Å². The van der Waals surface area contributed by atoms with Crippen molar-refractivity contribution in [1.29, 1.82) is 0 Å². The molecule has 1 rings (SSSR count). The second-order valence-corrected chi connectivity index (χ2v) is 5.93. The highest BCUT2D eigenvalue weighted by Gasteiger charge is 2.17. The fourth-order valence-electron chi connectivity index (χ4n) is 2.08. The molecule has 1 aromatic rings. The first-order valence-electron chi connectivity index (χ1n) is 7.43. The van der Waals surface area contributed by atoms with E-state index in [1.807, 2.05) is 32.0 Å². The number of carbonyl (C=O) groups excluding carboxylic acids is 2. The minimum Gasteiger partial charge on any atom is -0.355 e. The smallest absolute Gasteiger partial charge is 0.240 e. The lowest BCUT2D eigenvalue weighted by molar-refractivity contribution is -0.123. The van der Waals surface area contributed by atoms with Crippen LogP contribution >= 0.6 is 0 Å². The van der Waals surface area contributed by atoms with Crippen molar-refractivity contribution in [2.75, 3.05) is 18.0 Å². The molecule has 0 fully saturated rings. The van der Waals surface area contributed by atoms with Gasteiger partial charge < -0.3 is 10.2 Å². The lowest BCUT2D eigenvalue weighted by Crippen LogP contribution is -2.40. The zero-order chi connectivity index (χ0) is 16.0. The molecule has 0 heterocycles. The van der Waals surface area contributed by atoms with Crippen LogP contribution in [0.1, 0.15) is 38.3 Å². The molecule has 0 saturated carbocycles. The number of hydrogen-bond acceptors (Lipinski definition) is 2. The van der Waals surface area contributed by atoms with E-state index in [2.05, 4.69) is 19.2 Å². The molecule has 0 radical (unpaired) electrons. The molecular formula is C17H26N2O2. The molecule has 4 nitrogen and oxygen atoms in total. The molecule has 0 spiro atoms. The van der Waals surface area contributed by atoms with Gasteiger partial charge in [0, 0.05) is 19.2 Å². The van der Waals surface area contributed by atoms with Crippen LogP contribution < -0.4 is 10.2 Å². The Bertz CT molecular complexity index is 510. The van der Waals surface area contributed by atoms with Crippen LogP contribution in [0.4, 0.5) is 5.69 Å². The van der Waals surface area contributed by atoms with Crippen LogP contribution in [0.5, 0.6) is 0 Å². The number of nitrogens with one attached hydrogen (secondary N) is 1. The number of nitrogens with zero attached hydrogens (tertiary/aromatic N) is 1. The molecule has 0 aliphatic heterocycles. The molecule has 1 N–H and O–H groups in total. The molecule has 0 aliphatic carbocycles. The Morgan fingerprint density at radius 1 is 1.24 bits per heavy atom. The zero-order valence-corrected chi connectivity index (χ0v) is 13.7. The molecule has 0 aliphatic rings. The average molecular weight is 290 g/mol. The van der Waals surface area contributed by atoms with E-state index < -0.39 is 0 Å². The molecule has 2 amide bonds. The van der Waals surface area contributed by atoms with Crippen LogP contribution in [0, 0.1) is 19.8 Å². The van der Waals surface area contributed by atoms with Gasteiger partial charge in [-0.2, -0.15) is 0 Å². The molecule has 0 bridgehead atoms. The van der Waals surface area contributed by atoms with Gasteiger partial charge in [-0.05, 0) is 43.4 Å². The lowest BCUT2D eigenvalue weighted by Gasteiger charge is -2.23. The molecule has 4 heteroatoms. The Hall–Kier alpha value is -1.84. The lowest BCUT2D eigenvalue weighted by atomic mass is 10.1. The number of carbonyl (C=O) groups is 2. The molecular weight excluding hydrogens is 264 g/mol. The summed E-state index contributed by atoms with van der Waals surface area (Å²) in [5, 5.41) is 2.87. The SMILES string of the molecule is CC(=O)N(CC(=O)NCCC(C)C)c1cc(C)ccc1C. The number of hydrogen-bond donors (Lipinski definition) is 1. The Kier molecular flexibility index (Phi) is 6.40. The molecule has 0 aromatic heterocycles. The van der Waals surface area contributed by atoms with Gasteiger partial charge in [-0.25, -0.2) is 0 Å². The molecule has 21 heavy (non-hydrogen) atoms. The van der Waals surface area contributed by atoms with Crippen LogP contribution in [-0.4, -0.2) is 24.9 Å². The van der Waals surface area contributed by atoms with E-state index in [9.17, 15) is 9.59 Å². The summed E-state index contributed by atoms with van der Waals surface area (Å²) in [6.07, 6.45) is 0.940. The van der Waals surface area contributed by atoms with Crippen molar-refractivity contribution in [3.8, 4) is 0 Å². The summed E-state index contributed by atoms with van der Waals surface area (Å²) < 4.78 is 0. The molecule has 1 aromatic carbocycles. The van der Waals surface area contributed by atoms with E-state index in [1.165, 1.54) is 11.8 Å². The van der Waals surface area contributed by atoms with Crippen molar-refractivity contribution in [1.82, 2.24) is 5.32 Å². The first-order valence-corrected chi connectivity index (χ1v) is 7.43. The summed E-state index contributed by atoms with van der Waals surface area (Å²) in [6.45, 7) is 10.4. The van der Waals surface area contributed by atoms with E-state index in [-0.39, 0.29) is 18.4 Å². The third-order valence-electron chi connectivity index (χ3n) is 3.38. The van der Waals surface area contributed by atoms with Crippen LogP contribution in [0.3, 0.4) is 0 Å². The summed E-state index contributed by atoms with van der Waals surface area (Å²) in [4.78, 5) is 25.4. The number of benzene rings is 1. The van der Waals surface area contributed by atoms with E-state index >= 15 is 0 Å². The molecule has 0 unspecified atom stereocenters. The highest BCUT2D eigenvalue weighted by atomic mass is 16.2. The van der Waals surface area contributed by atoms with Gasteiger partial charge in [0.05, 0.1) is 0 Å². The number of amides is 2.